The second-order valence-corrected chi connectivity index (χ2v) is 7.61. The number of alkyl halides is 3. The van der Waals surface area contributed by atoms with E-state index in [1.54, 1.807) is 25.7 Å². The van der Waals surface area contributed by atoms with Crippen molar-refractivity contribution in [1.82, 2.24) is 9.88 Å². The maximum atomic E-state index is 12.5. The van der Waals surface area contributed by atoms with Gasteiger partial charge in [-0.3, -0.25) is 0 Å². The molecule has 0 saturated heterocycles. The van der Waals surface area contributed by atoms with Crippen LogP contribution in [0.1, 0.15) is 40.2 Å². The van der Waals surface area contributed by atoms with Crippen molar-refractivity contribution < 1.29 is 22.7 Å². The third-order valence-electron chi connectivity index (χ3n) is 2.90. The Balaban J connectivity index is 2.58. The van der Waals surface area contributed by atoms with Crippen molar-refractivity contribution in [1.29, 1.82) is 0 Å². The van der Waals surface area contributed by atoms with Gasteiger partial charge in [-0.25, -0.2) is 9.78 Å². The van der Waals surface area contributed by atoms with E-state index in [9.17, 15) is 18.0 Å². The molecule has 0 aliphatic carbocycles. The van der Waals surface area contributed by atoms with E-state index in [-0.39, 0.29) is 6.04 Å². The largest absolute Gasteiger partial charge is 0.444 e. The number of aromatic nitrogens is 1. The Morgan fingerprint density at radius 2 is 1.92 bits per heavy atom. The fourth-order valence-electron chi connectivity index (χ4n) is 1.76. The standard InChI is InChI=1S/C16H23F3N2O2S/c1-11(2)21(14(22)23-15(3,4)5)8-9-24-13-7-6-12(10-20-13)16(17,18)19/h6-7,10-11H,8-9H2,1-5H3. The van der Waals surface area contributed by atoms with E-state index in [1.807, 2.05) is 13.8 Å². The highest BCUT2D eigenvalue weighted by Gasteiger charge is 2.30. The van der Waals surface area contributed by atoms with Gasteiger partial charge in [0.25, 0.3) is 0 Å². The van der Waals surface area contributed by atoms with E-state index in [0.29, 0.717) is 17.3 Å². The molecule has 4 nitrogen and oxygen atoms in total. The van der Waals surface area contributed by atoms with E-state index < -0.39 is 23.4 Å². The molecule has 0 aliphatic heterocycles. The number of pyridine rings is 1. The van der Waals surface area contributed by atoms with E-state index in [4.69, 9.17) is 4.74 Å². The summed E-state index contributed by atoms with van der Waals surface area (Å²) in [5, 5.41) is 0.482. The summed E-state index contributed by atoms with van der Waals surface area (Å²) in [5.41, 5.74) is -1.35. The molecule has 8 heteroatoms. The highest BCUT2D eigenvalue weighted by Crippen LogP contribution is 2.29. The fourth-order valence-corrected chi connectivity index (χ4v) is 2.55. The highest BCUT2D eigenvalue weighted by atomic mass is 32.2. The first-order valence-electron chi connectivity index (χ1n) is 7.56. The fraction of sp³-hybridized carbons (Fsp3) is 0.625. The van der Waals surface area contributed by atoms with Gasteiger partial charge in [0.2, 0.25) is 0 Å². The normalized spacial score (nSPS) is 12.4. The topological polar surface area (TPSA) is 42.4 Å². The second kappa shape index (κ2) is 8.09. The van der Waals surface area contributed by atoms with Crippen LogP contribution in [0.3, 0.4) is 0 Å². The molecule has 0 radical (unpaired) electrons. The van der Waals surface area contributed by atoms with Crippen LogP contribution < -0.4 is 0 Å². The Bertz CT molecular complexity index is 540. The van der Waals surface area contributed by atoms with E-state index in [2.05, 4.69) is 4.98 Å². The Morgan fingerprint density at radius 1 is 1.29 bits per heavy atom. The van der Waals surface area contributed by atoms with Crippen molar-refractivity contribution in [3.8, 4) is 0 Å². The summed E-state index contributed by atoms with van der Waals surface area (Å²) in [4.78, 5) is 17.5. The summed E-state index contributed by atoms with van der Waals surface area (Å²) in [6.45, 7) is 9.56. The number of halogens is 3. The predicted molar refractivity (Wildman–Crippen MR) is 88.0 cm³/mol. The van der Waals surface area contributed by atoms with Crippen LogP contribution in [0.5, 0.6) is 0 Å². The second-order valence-electron chi connectivity index (χ2n) is 6.50. The molecule has 1 aromatic rings. The van der Waals surface area contributed by atoms with Crippen molar-refractivity contribution in [3.05, 3.63) is 23.9 Å². The molecule has 1 rings (SSSR count). The monoisotopic (exact) mass is 364 g/mol. The Kier molecular flexibility index (Phi) is 6.95. The Labute approximate surface area is 144 Å². The van der Waals surface area contributed by atoms with Crippen LogP contribution in [-0.4, -0.2) is 39.9 Å². The summed E-state index contributed by atoms with van der Waals surface area (Å²) in [6.07, 6.45) is -3.98. The van der Waals surface area contributed by atoms with Crippen molar-refractivity contribution in [2.75, 3.05) is 12.3 Å². The maximum Gasteiger partial charge on any atom is 0.417 e. The first-order valence-corrected chi connectivity index (χ1v) is 8.54. The Hall–Kier alpha value is -1.44. The smallest absolute Gasteiger partial charge is 0.417 e. The highest BCUT2D eigenvalue weighted by molar-refractivity contribution is 7.99. The molecule has 0 aromatic carbocycles. The molecule has 0 fully saturated rings. The zero-order chi connectivity index (χ0) is 18.5. The lowest BCUT2D eigenvalue weighted by Crippen LogP contribution is -2.42. The minimum absolute atomic E-state index is 0.0407. The molecule has 1 heterocycles. The van der Waals surface area contributed by atoms with Gasteiger partial charge in [-0.15, -0.1) is 11.8 Å². The van der Waals surface area contributed by atoms with Gasteiger partial charge >= 0.3 is 12.3 Å². The van der Waals surface area contributed by atoms with Gasteiger partial charge in [-0.05, 0) is 46.8 Å². The lowest BCUT2D eigenvalue weighted by atomic mass is 10.2. The summed E-state index contributed by atoms with van der Waals surface area (Å²) in [5.74, 6) is 0.510. The van der Waals surface area contributed by atoms with E-state index >= 15 is 0 Å². The zero-order valence-corrected chi connectivity index (χ0v) is 15.3. The third-order valence-corrected chi connectivity index (χ3v) is 3.82. The van der Waals surface area contributed by atoms with Crippen LogP contribution in [0.2, 0.25) is 0 Å². The summed E-state index contributed by atoms with van der Waals surface area (Å²) in [7, 11) is 0. The first kappa shape index (κ1) is 20.6. The summed E-state index contributed by atoms with van der Waals surface area (Å²) >= 11 is 1.29. The maximum absolute atomic E-state index is 12.5. The van der Waals surface area contributed by atoms with Crippen molar-refractivity contribution in [2.45, 2.75) is 57.5 Å². The molecule has 1 amide bonds. The molecule has 0 aliphatic rings. The summed E-state index contributed by atoms with van der Waals surface area (Å²) < 4.78 is 42.8. The third kappa shape index (κ3) is 6.98. The lowest BCUT2D eigenvalue weighted by Gasteiger charge is -2.30. The van der Waals surface area contributed by atoms with Gasteiger partial charge in [-0.2, -0.15) is 13.2 Å². The minimum atomic E-state index is -4.39. The molecule has 24 heavy (non-hydrogen) atoms. The number of nitrogens with zero attached hydrogens (tertiary/aromatic N) is 2. The van der Waals surface area contributed by atoms with Crippen LogP contribution in [0, 0.1) is 0 Å². The quantitative estimate of drug-likeness (QED) is 0.701. The molecule has 0 saturated carbocycles. The van der Waals surface area contributed by atoms with Crippen molar-refractivity contribution >= 4 is 17.9 Å². The summed E-state index contributed by atoms with van der Waals surface area (Å²) in [6, 6.07) is 2.30. The van der Waals surface area contributed by atoms with Crippen LogP contribution in [0.15, 0.2) is 23.4 Å². The number of ether oxygens (including phenoxy) is 1. The van der Waals surface area contributed by atoms with E-state index in [1.165, 1.54) is 17.8 Å². The van der Waals surface area contributed by atoms with Gasteiger partial charge in [0.1, 0.15) is 5.60 Å². The molecule has 1 aromatic heterocycles. The average molecular weight is 364 g/mol. The number of amides is 1. The molecule has 0 unspecified atom stereocenters. The van der Waals surface area contributed by atoms with Crippen LogP contribution in [-0.2, 0) is 10.9 Å². The van der Waals surface area contributed by atoms with Gasteiger partial charge in [0.05, 0.1) is 10.6 Å². The molecule has 0 N–H and O–H groups in total. The molecule has 0 atom stereocenters. The SMILES string of the molecule is CC(C)N(CCSc1ccc(C(F)(F)F)cn1)C(=O)OC(C)(C)C. The van der Waals surface area contributed by atoms with Crippen LogP contribution in [0.25, 0.3) is 0 Å². The number of thioether (sulfide) groups is 1. The molecule has 0 spiro atoms. The van der Waals surface area contributed by atoms with Crippen LogP contribution >= 0.6 is 11.8 Å². The van der Waals surface area contributed by atoms with E-state index in [0.717, 1.165) is 12.3 Å². The number of hydrogen-bond acceptors (Lipinski definition) is 4. The van der Waals surface area contributed by atoms with Crippen molar-refractivity contribution in [2.24, 2.45) is 0 Å². The zero-order valence-electron chi connectivity index (χ0n) is 14.5. The van der Waals surface area contributed by atoms with Gasteiger partial charge in [0.15, 0.2) is 0 Å². The number of carbonyl (C=O) groups is 1. The van der Waals surface area contributed by atoms with Gasteiger partial charge < -0.3 is 9.64 Å². The van der Waals surface area contributed by atoms with Crippen molar-refractivity contribution in [3.63, 3.8) is 0 Å². The Morgan fingerprint density at radius 3 is 2.33 bits per heavy atom. The predicted octanol–water partition coefficient (Wildman–Crippen LogP) is 4.84. The molecule has 136 valence electrons. The lowest BCUT2D eigenvalue weighted by molar-refractivity contribution is -0.137. The number of rotatable bonds is 5. The van der Waals surface area contributed by atoms with Gasteiger partial charge in [0, 0.05) is 24.5 Å². The average Bonchev–Trinajstić information content (AvgIpc) is 2.40. The number of hydrogen-bond donors (Lipinski definition) is 0. The first-order chi connectivity index (χ1) is 10.9. The molecule has 0 bridgehead atoms. The van der Waals surface area contributed by atoms with Crippen LogP contribution in [0.4, 0.5) is 18.0 Å². The number of carbonyl (C=O) groups excluding carboxylic acids is 1. The minimum Gasteiger partial charge on any atom is -0.444 e. The molecular weight excluding hydrogens is 341 g/mol. The molecular formula is C16H23F3N2O2S. The van der Waals surface area contributed by atoms with Gasteiger partial charge in [-0.1, -0.05) is 0 Å².